The molecule has 0 saturated heterocycles. The summed E-state index contributed by atoms with van der Waals surface area (Å²) < 4.78 is 25.9. The van der Waals surface area contributed by atoms with Crippen LogP contribution in [0.15, 0.2) is 29.2 Å². The van der Waals surface area contributed by atoms with E-state index in [0.29, 0.717) is 5.02 Å². The van der Waals surface area contributed by atoms with Gasteiger partial charge in [-0.15, -0.1) is 0 Å². The Morgan fingerprint density at radius 1 is 1.13 bits per heavy atom. The first-order chi connectivity index (χ1) is 10.6. The van der Waals surface area contributed by atoms with Crippen LogP contribution in [0, 0.1) is 11.8 Å². The van der Waals surface area contributed by atoms with Crippen LogP contribution in [0.4, 0.5) is 0 Å². The van der Waals surface area contributed by atoms with Crippen LogP contribution < -0.4 is 5.32 Å². The number of amides is 1. The van der Waals surface area contributed by atoms with Crippen LogP contribution in [0.25, 0.3) is 0 Å². The lowest BCUT2D eigenvalue weighted by Gasteiger charge is -2.27. The molecule has 0 unspecified atom stereocenters. The second-order valence-electron chi connectivity index (χ2n) is 6.30. The molecular weight excluding hydrogens is 336 g/mol. The molecule has 1 aromatic rings. The predicted molar refractivity (Wildman–Crippen MR) is 92.9 cm³/mol. The third-order valence-electron chi connectivity index (χ3n) is 3.65. The average molecular weight is 361 g/mol. The molecule has 0 saturated carbocycles. The van der Waals surface area contributed by atoms with Gasteiger partial charge in [0.05, 0.1) is 11.4 Å². The van der Waals surface area contributed by atoms with E-state index in [1.54, 1.807) is 0 Å². The van der Waals surface area contributed by atoms with Crippen LogP contribution >= 0.6 is 11.6 Å². The van der Waals surface area contributed by atoms with Crippen molar-refractivity contribution in [3.05, 3.63) is 29.3 Å². The zero-order chi connectivity index (χ0) is 17.8. The second kappa shape index (κ2) is 8.13. The number of carbonyl (C=O) groups excluding carboxylic acids is 1. The predicted octanol–water partition coefficient (Wildman–Crippen LogP) is 2.76. The number of hydrogen-bond acceptors (Lipinski definition) is 3. The number of nitrogens with zero attached hydrogens (tertiary/aromatic N) is 1. The number of carbonyl (C=O) groups is 1. The SMILES string of the molecule is CC(C)C(NC(=O)CN(C)S(=O)(=O)c1ccc(Cl)cc1)C(C)C. The first-order valence-corrected chi connectivity index (χ1v) is 9.38. The third kappa shape index (κ3) is 5.48. The fourth-order valence-electron chi connectivity index (χ4n) is 2.41. The number of likely N-dealkylation sites (N-methyl/N-ethyl adjacent to an activating group) is 1. The van der Waals surface area contributed by atoms with Gasteiger partial charge in [0, 0.05) is 18.1 Å². The number of benzene rings is 1. The van der Waals surface area contributed by atoms with Crippen molar-refractivity contribution in [3.8, 4) is 0 Å². The Balaban J connectivity index is 2.79. The third-order valence-corrected chi connectivity index (χ3v) is 5.72. The topological polar surface area (TPSA) is 66.5 Å². The van der Waals surface area contributed by atoms with E-state index in [1.807, 2.05) is 27.7 Å². The smallest absolute Gasteiger partial charge is 0.243 e. The van der Waals surface area contributed by atoms with Gasteiger partial charge in [-0.3, -0.25) is 4.79 Å². The van der Waals surface area contributed by atoms with Gasteiger partial charge >= 0.3 is 0 Å². The molecule has 130 valence electrons. The minimum Gasteiger partial charge on any atom is -0.352 e. The molecule has 0 heterocycles. The lowest BCUT2D eigenvalue weighted by atomic mass is 9.93. The first-order valence-electron chi connectivity index (χ1n) is 7.57. The van der Waals surface area contributed by atoms with E-state index in [-0.39, 0.29) is 35.2 Å². The van der Waals surface area contributed by atoms with Gasteiger partial charge < -0.3 is 5.32 Å². The van der Waals surface area contributed by atoms with Crippen molar-refractivity contribution in [3.63, 3.8) is 0 Å². The standard InChI is InChI=1S/C16H25ClN2O3S/c1-11(2)16(12(3)4)18-15(20)10-19(5)23(21,22)14-8-6-13(17)7-9-14/h6-9,11-12,16H,10H2,1-5H3,(H,18,20). The van der Waals surface area contributed by atoms with E-state index in [9.17, 15) is 13.2 Å². The molecule has 0 aliphatic rings. The maximum Gasteiger partial charge on any atom is 0.243 e. The molecule has 1 N–H and O–H groups in total. The summed E-state index contributed by atoms with van der Waals surface area (Å²) in [6.45, 7) is 7.89. The maximum atomic E-state index is 12.4. The second-order valence-corrected chi connectivity index (χ2v) is 8.78. The zero-order valence-electron chi connectivity index (χ0n) is 14.2. The molecule has 1 aromatic carbocycles. The summed E-state index contributed by atoms with van der Waals surface area (Å²) in [5.41, 5.74) is 0. The van der Waals surface area contributed by atoms with Crippen molar-refractivity contribution >= 4 is 27.5 Å². The highest BCUT2D eigenvalue weighted by Crippen LogP contribution is 2.17. The molecule has 0 aromatic heterocycles. The van der Waals surface area contributed by atoms with Crippen LogP contribution in [0.2, 0.25) is 5.02 Å². The normalized spacial score (nSPS) is 12.4. The molecule has 0 bridgehead atoms. The fraction of sp³-hybridized carbons (Fsp3) is 0.562. The van der Waals surface area contributed by atoms with Gasteiger partial charge in [0.15, 0.2) is 0 Å². The van der Waals surface area contributed by atoms with Crippen molar-refractivity contribution < 1.29 is 13.2 Å². The van der Waals surface area contributed by atoms with Crippen LogP contribution in [-0.4, -0.2) is 38.3 Å². The largest absolute Gasteiger partial charge is 0.352 e. The molecule has 0 aliphatic heterocycles. The van der Waals surface area contributed by atoms with Crippen LogP contribution in [0.3, 0.4) is 0 Å². The maximum absolute atomic E-state index is 12.4. The average Bonchev–Trinajstić information content (AvgIpc) is 2.44. The van der Waals surface area contributed by atoms with E-state index >= 15 is 0 Å². The molecule has 23 heavy (non-hydrogen) atoms. The van der Waals surface area contributed by atoms with Crippen molar-refractivity contribution in [2.45, 2.75) is 38.6 Å². The van der Waals surface area contributed by atoms with Crippen molar-refractivity contribution in [1.82, 2.24) is 9.62 Å². The van der Waals surface area contributed by atoms with Crippen LogP contribution in [-0.2, 0) is 14.8 Å². The molecule has 1 amide bonds. The first kappa shape index (κ1) is 19.9. The Morgan fingerprint density at radius 3 is 2.04 bits per heavy atom. The van der Waals surface area contributed by atoms with Crippen molar-refractivity contribution in [1.29, 1.82) is 0 Å². The summed E-state index contributed by atoms with van der Waals surface area (Å²) in [6, 6.07) is 5.88. The molecule has 0 aliphatic carbocycles. The summed E-state index contributed by atoms with van der Waals surface area (Å²) in [4.78, 5) is 12.3. The quantitative estimate of drug-likeness (QED) is 0.813. The Bertz CT molecular complexity index is 619. The van der Waals surface area contributed by atoms with Crippen LogP contribution in [0.5, 0.6) is 0 Å². The fourth-order valence-corrected chi connectivity index (χ4v) is 3.66. The van der Waals surface area contributed by atoms with Gasteiger partial charge in [0.2, 0.25) is 15.9 Å². The van der Waals surface area contributed by atoms with Crippen molar-refractivity contribution in [2.75, 3.05) is 13.6 Å². The summed E-state index contributed by atoms with van der Waals surface area (Å²) in [5.74, 6) is 0.242. The Hall–Kier alpha value is -1.11. The Labute approximate surface area is 144 Å². The monoisotopic (exact) mass is 360 g/mol. The van der Waals surface area contributed by atoms with Gasteiger partial charge in [-0.2, -0.15) is 4.31 Å². The number of hydrogen-bond donors (Lipinski definition) is 1. The van der Waals surface area contributed by atoms with Gasteiger partial charge in [0.1, 0.15) is 0 Å². The lowest BCUT2D eigenvalue weighted by Crippen LogP contribution is -2.46. The summed E-state index contributed by atoms with van der Waals surface area (Å²) in [5, 5.41) is 3.37. The lowest BCUT2D eigenvalue weighted by molar-refractivity contribution is -0.122. The van der Waals surface area contributed by atoms with Crippen molar-refractivity contribution in [2.24, 2.45) is 11.8 Å². The van der Waals surface area contributed by atoms with E-state index < -0.39 is 10.0 Å². The molecule has 5 nitrogen and oxygen atoms in total. The summed E-state index contributed by atoms with van der Waals surface area (Å²) in [7, 11) is -2.32. The summed E-state index contributed by atoms with van der Waals surface area (Å²) in [6.07, 6.45) is 0. The number of halogens is 1. The van der Waals surface area contributed by atoms with E-state index in [4.69, 9.17) is 11.6 Å². The Kier molecular flexibility index (Phi) is 7.04. The van der Waals surface area contributed by atoms with E-state index in [2.05, 4.69) is 5.32 Å². The number of sulfonamides is 1. The number of rotatable bonds is 7. The molecule has 0 spiro atoms. The van der Waals surface area contributed by atoms with E-state index in [0.717, 1.165) is 4.31 Å². The molecule has 7 heteroatoms. The zero-order valence-corrected chi connectivity index (χ0v) is 15.8. The molecular formula is C16H25ClN2O3S. The van der Waals surface area contributed by atoms with Crippen LogP contribution in [0.1, 0.15) is 27.7 Å². The van der Waals surface area contributed by atoms with Gasteiger partial charge in [0.25, 0.3) is 0 Å². The number of nitrogens with one attached hydrogen (secondary N) is 1. The highest BCUT2D eigenvalue weighted by atomic mass is 35.5. The minimum absolute atomic E-state index is 0.00846. The minimum atomic E-state index is -3.71. The van der Waals surface area contributed by atoms with E-state index in [1.165, 1.54) is 31.3 Å². The highest BCUT2D eigenvalue weighted by Gasteiger charge is 2.25. The van der Waals surface area contributed by atoms with Gasteiger partial charge in [-0.25, -0.2) is 8.42 Å². The molecule has 1 rings (SSSR count). The van der Waals surface area contributed by atoms with Gasteiger partial charge in [-0.05, 0) is 36.1 Å². The van der Waals surface area contributed by atoms with Gasteiger partial charge in [-0.1, -0.05) is 39.3 Å². The Morgan fingerprint density at radius 2 is 1.61 bits per heavy atom. The molecule has 0 fully saturated rings. The highest BCUT2D eigenvalue weighted by molar-refractivity contribution is 7.89. The summed E-state index contributed by atoms with van der Waals surface area (Å²) >= 11 is 5.77. The molecule has 0 radical (unpaired) electrons. The molecule has 0 atom stereocenters.